The van der Waals surface area contributed by atoms with Gasteiger partial charge < -0.3 is 9.88 Å². The van der Waals surface area contributed by atoms with E-state index in [2.05, 4.69) is 120 Å². The van der Waals surface area contributed by atoms with Gasteiger partial charge in [0.25, 0.3) is 0 Å². The van der Waals surface area contributed by atoms with Crippen molar-refractivity contribution in [2.24, 2.45) is 0 Å². The van der Waals surface area contributed by atoms with E-state index in [0.29, 0.717) is 0 Å². The van der Waals surface area contributed by atoms with Gasteiger partial charge in [0.05, 0.1) is 11.0 Å². The summed E-state index contributed by atoms with van der Waals surface area (Å²) in [7, 11) is 0. The highest BCUT2D eigenvalue weighted by atomic mass is 15.0. The van der Waals surface area contributed by atoms with Crippen LogP contribution in [-0.4, -0.2) is 4.57 Å². The lowest BCUT2D eigenvalue weighted by molar-refractivity contribution is 1.18. The van der Waals surface area contributed by atoms with Crippen molar-refractivity contribution in [2.45, 2.75) is 0 Å². The van der Waals surface area contributed by atoms with Crippen LogP contribution >= 0.6 is 0 Å². The average Bonchev–Trinajstić information content (AvgIpc) is 3.17. The lowest BCUT2D eigenvalue weighted by Gasteiger charge is -2.14. The van der Waals surface area contributed by atoms with Gasteiger partial charge in [-0.05, 0) is 65.3 Å². The lowest BCUT2D eigenvalue weighted by atomic mass is 9.96. The van der Waals surface area contributed by atoms with E-state index in [-0.39, 0.29) is 0 Å². The van der Waals surface area contributed by atoms with Crippen molar-refractivity contribution < 1.29 is 0 Å². The number of anilines is 1. The zero-order chi connectivity index (χ0) is 21.5. The summed E-state index contributed by atoms with van der Waals surface area (Å²) in [6.07, 6.45) is 6.31. The van der Waals surface area contributed by atoms with E-state index in [4.69, 9.17) is 0 Å². The molecule has 0 atom stereocenters. The Labute approximate surface area is 187 Å². The monoisotopic (exact) mass is 410 g/mol. The molecule has 0 amide bonds. The molecule has 0 fully saturated rings. The van der Waals surface area contributed by atoms with Gasteiger partial charge in [0, 0.05) is 33.9 Å². The molecule has 1 N–H and O–H groups in total. The first-order chi connectivity index (χ1) is 15.8. The smallest absolute Gasteiger partial charge is 0.0541 e. The van der Waals surface area contributed by atoms with Crippen LogP contribution in [0.4, 0.5) is 5.69 Å². The first-order valence-electron chi connectivity index (χ1n) is 10.8. The SMILES string of the molecule is C=C1/C=C(c2ccc3c(c2)c2ccccc2n3-c2ccccc2)\C=C/Nc2ccccc21. The molecule has 1 aromatic heterocycles. The minimum absolute atomic E-state index is 0.999. The standard InChI is InChI=1S/C30H22N2/c1-21-19-23(17-18-31-28-13-7-5-11-25(21)28)22-15-16-30-27(20-22)26-12-6-8-14-29(26)32(30)24-9-3-2-4-10-24/h2-20,31H,1H2/b18-17-,23-19+. The summed E-state index contributed by atoms with van der Waals surface area (Å²) in [5.41, 5.74) is 9.10. The first kappa shape index (κ1) is 18.5. The molecule has 32 heavy (non-hydrogen) atoms. The van der Waals surface area contributed by atoms with Crippen LogP contribution in [0.1, 0.15) is 11.1 Å². The van der Waals surface area contributed by atoms with Crippen molar-refractivity contribution in [1.29, 1.82) is 0 Å². The highest BCUT2D eigenvalue weighted by molar-refractivity contribution is 6.10. The summed E-state index contributed by atoms with van der Waals surface area (Å²) in [5.74, 6) is 0. The molecule has 2 heterocycles. The quantitative estimate of drug-likeness (QED) is 0.314. The summed E-state index contributed by atoms with van der Waals surface area (Å²) in [6, 6.07) is 34.2. The molecule has 0 bridgehead atoms. The van der Waals surface area contributed by atoms with Gasteiger partial charge in [-0.2, -0.15) is 0 Å². The van der Waals surface area contributed by atoms with E-state index >= 15 is 0 Å². The molecule has 152 valence electrons. The van der Waals surface area contributed by atoms with Crippen LogP contribution in [0.15, 0.2) is 122 Å². The molecule has 2 nitrogen and oxygen atoms in total. The number of benzene rings is 4. The van der Waals surface area contributed by atoms with E-state index in [9.17, 15) is 0 Å². The van der Waals surface area contributed by atoms with Gasteiger partial charge in [0.1, 0.15) is 0 Å². The van der Waals surface area contributed by atoms with E-state index < -0.39 is 0 Å². The maximum Gasteiger partial charge on any atom is 0.0541 e. The van der Waals surface area contributed by atoms with Gasteiger partial charge in [-0.25, -0.2) is 0 Å². The lowest BCUT2D eigenvalue weighted by Crippen LogP contribution is -1.97. The zero-order valence-corrected chi connectivity index (χ0v) is 17.6. The van der Waals surface area contributed by atoms with E-state index in [1.54, 1.807) is 0 Å². The second-order valence-electron chi connectivity index (χ2n) is 8.07. The van der Waals surface area contributed by atoms with Crippen LogP contribution < -0.4 is 5.32 Å². The average molecular weight is 411 g/mol. The summed E-state index contributed by atoms with van der Waals surface area (Å²) in [6.45, 7) is 4.33. The number of allylic oxidation sites excluding steroid dienone is 4. The molecule has 0 aliphatic carbocycles. The third-order valence-corrected chi connectivity index (χ3v) is 6.12. The molecule has 5 aromatic rings. The van der Waals surface area contributed by atoms with Gasteiger partial charge >= 0.3 is 0 Å². The maximum absolute atomic E-state index is 4.33. The highest BCUT2D eigenvalue weighted by Gasteiger charge is 2.14. The number of fused-ring (bicyclic) bond motifs is 4. The van der Waals surface area contributed by atoms with E-state index in [1.165, 1.54) is 33.1 Å². The zero-order valence-electron chi connectivity index (χ0n) is 17.6. The molecule has 4 aromatic carbocycles. The second kappa shape index (κ2) is 7.44. The number of hydrogen-bond acceptors (Lipinski definition) is 1. The third-order valence-electron chi connectivity index (χ3n) is 6.12. The molecule has 0 spiro atoms. The molecule has 2 heteroatoms. The van der Waals surface area contributed by atoms with Gasteiger partial charge in [-0.15, -0.1) is 0 Å². The minimum atomic E-state index is 0.999. The third kappa shape index (κ3) is 2.97. The number of rotatable bonds is 2. The summed E-state index contributed by atoms with van der Waals surface area (Å²) in [4.78, 5) is 0. The van der Waals surface area contributed by atoms with Crippen molar-refractivity contribution in [2.75, 3.05) is 5.32 Å². The number of para-hydroxylation sites is 3. The molecular weight excluding hydrogens is 388 g/mol. The summed E-state index contributed by atoms with van der Waals surface area (Å²) in [5, 5.41) is 5.90. The number of hydrogen-bond donors (Lipinski definition) is 1. The number of nitrogens with zero attached hydrogens (tertiary/aromatic N) is 1. The predicted octanol–water partition coefficient (Wildman–Crippen LogP) is 7.82. The fraction of sp³-hybridized carbons (Fsp3) is 0. The van der Waals surface area contributed by atoms with Crippen molar-refractivity contribution in [1.82, 2.24) is 4.57 Å². The van der Waals surface area contributed by atoms with Crippen molar-refractivity contribution >= 4 is 38.6 Å². The van der Waals surface area contributed by atoms with Crippen LogP contribution in [0.25, 0.3) is 38.6 Å². The Kier molecular flexibility index (Phi) is 4.29. The van der Waals surface area contributed by atoms with E-state index in [1.807, 2.05) is 12.3 Å². The van der Waals surface area contributed by atoms with Gasteiger partial charge in [-0.3, -0.25) is 0 Å². The first-order valence-corrected chi connectivity index (χ1v) is 10.8. The summed E-state index contributed by atoms with van der Waals surface area (Å²) >= 11 is 0. The molecule has 0 saturated carbocycles. The largest absolute Gasteiger partial charge is 0.361 e. The Morgan fingerprint density at radius 2 is 1.44 bits per heavy atom. The molecule has 0 saturated heterocycles. The van der Waals surface area contributed by atoms with Gasteiger partial charge in [0.15, 0.2) is 0 Å². The van der Waals surface area contributed by atoms with Crippen LogP contribution in [0.2, 0.25) is 0 Å². The Hall–Kier alpha value is -4.30. The molecule has 0 radical (unpaired) electrons. The fourth-order valence-electron chi connectivity index (χ4n) is 4.61. The summed E-state index contributed by atoms with van der Waals surface area (Å²) < 4.78 is 2.34. The second-order valence-corrected chi connectivity index (χ2v) is 8.07. The Balaban J connectivity index is 1.55. The van der Waals surface area contributed by atoms with Crippen LogP contribution in [0.5, 0.6) is 0 Å². The van der Waals surface area contributed by atoms with Gasteiger partial charge in [0.2, 0.25) is 0 Å². The highest BCUT2D eigenvalue weighted by Crippen LogP contribution is 2.35. The van der Waals surface area contributed by atoms with Crippen LogP contribution in [0, 0.1) is 0 Å². The van der Waals surface area contributed by atoms with Crippen molar-refractivity contribution in [3.8, 4) is 5.69 Å². The Bertz CT molecular complexity index is 1550. The Morgan fingerprint density at radius 3 is 2.34 bits per heavy atom. The van der Waals surface area contributed by atoms with Crippen molar-refractivity contribution in [3.05, 3.63) is 133 Å². The van der Waals surface area contributed by atoms with E-state index in [0.717, 1.165) is 22.4 Å². The number of aromatic nitrogens is 1. The minimum Gasteiger partial charge on any atom is -0.361 e. The van der Waals surface area contributed by atoms with Crippen LogP contribution in [-0.2, 0) is 0 Å². The van der Waals surface area contributed by atoms with Gasteiger partial charge in [-0.1, -0.05) is 67.2 Å². The normalized spacial score (nSPS) is 16.0. The van der Waals surface area contributed by atoms with Crippen LogP contribution in [0.3, 0.4) is 0 Å². The molecule has 1 aliphatic rings. The fourth-order valence-corrected chi connectivity index (χ4v) is 4.61. The topological polar surface area (TPSA) is 17.0 Å². The molecule has 6 rings (SSSR count). The molecule has 0 unspecified atom stereocenters. The molecule has 1 aliphatic heterocycles. The number of nitrogens with one attached hydrogen (secondary N) is 1. The molecular formula is C30H22N2. The van der Waals surface area contributed by atoms with Crippen molar-refractivity contribution in [3.63, 3.8) is 0 Å². The maximum atomic E-state index is 4.33. The Morgan fingerprint density at radius 1 is 0.688 bits per heavy atom. The predicted molar refractivity (Wildman–Crippen MR) is 137 cm³/mol.